The van der Waals surface area contributed by atoms with Gasteiger partial charge in [-0.3, -0.25) is 4.79 Å². The van der Waals surface area contributed by atoms with Gasteiger partial charge in [-0.25, -0.2) is 4.79 Å². The van der Waals surface area contributed by atoms with E-state index in [1.54, 1.807) is 12.1 Å². The van der Waals surface area contributed by atoms with Crippen molar-refractivity contribution in [1.29, 1.82) is 0 Å². The number of hydrogen-bond donors (Lipinski definition) is 1. The number of benzene rings is 1. The molecular weight excluding hydrogens is 218 g/mol. The summed E-state index contributed by atoms with van der Waals surface area (Å²) in [7, 11) is 0. The van der Waals surface area contributed by atoms with Gasteiger partial charge in [-0.15, -0.1) is 0 Å². The van der Waals surface area contributed by atoms with Crippen molar-refractivity contribution in [3.05, 3.63) is 29.8 Å². The van der Waals surface area contributed by atoms with E-state index in [0.717, 1.165) is 18.4 Å². The molecular formula is C13H15NO3. The largest absolute Gasteiger partial charge is 0.425 e. The van der Waals surface area contributed by atoms with Crippen LogP contribution in [0.15, 0.2) is 24.3 Å². The molecule has 0 bridgehead atoms. The van der Waals surface area contributed by atoms with Gasteiger partial charge in [-0.05, 0) is 37.5 Å². The van der Waals surface area contributed by atoms with Crippen LogP contribution in [0.1, 0.15) is 18.4 Å². The highest BCUT2D eigenvalue weighted by molar-refractivity contribution is 5.85. The number of aryl methyl sites for hydroxylation is 1. The maximum atomic E-state index is 11.4. The highest BCUT2D eigenvalue weighted by atomic mass is 16.5. The van der Waals surface area contributed by atoms with E-state index in [0.29, 0.717) is 5.75 Å². The highest BCUT2D eigenvalue weighted by Gasteiger charge is 2.29. The van der Waals surface area contributed by atoms with Gasteiger partial charge in [-0.1, -0.05) is 12.1 Å². The quantitative estimate of drug-likeness (QED) is 0.632. The molecule has 1 aliphatic carbocycles. The van der Waals surface area contributed by atoms with Crippen molar-refractivity contribution in [2.75, 3.05) is 6.54 Å². The molecule has 4 heteroatoms. The summed E-state index contributed by atoms with van der Waals surface area (Å²) in [5.41, 5.74) is 1.03. The molecule has 0 atom stereocenters. The van der Waals surface area contributed by atoms with Gasteiger partial charge in [0.1, 0.15) is 12.3 Å². The molecule has 0 heterocycles. The van der Waals surface area contributed by atoms with Crippen LogP contribution < -0.4 is 10.1 Å². The Balaban J connectivity index is 1.78. The molecule has 0 saturated heterocycles. The number of carbonyl (C=O) groups excluding carboxylic acids is 2. The van der Waals surface area contributed by atoms with E-state index in [1.165, 1.54) is 0 Å². The van der Waals surface area contributed by atoms with E-state index in [9.17, 15) is 9.59 Å². The Bertz CT molecular complexity index is 438. The zero-order chi connectivity index (χ0) is 12.3. The molecule has 0 unspecified atom stereocenters. The van der Waals surface area contributed by atoms with E-state index in [2.05, 4.69) is 5.32 Å². The Morgan fingerprint density at radius 3 is 2.82 bits per heavy atom. The maximum Gasteiger partial charge on any atom is 0.330 e. The van der Waals surface area contributed by atoms with Crippen LogP contribution in [-0.2, 0) is 9.59 Å². The van der Waals surface area contributed by atoms with Gasteiger partial charge >= 0.3 is 5.97 Å². The summed E-state index contributed by atoms with van der Waals surface area (Å²) in [5, 5.41) is 2.57. The Morgan fingerprint density at radius 2 is 2.18 bits per heavy atom. The molecule has 2 rings (SSSR count). The third-order valence-electron chi connectivity index (χ3n) is 2.58. The third kappa shape index (κ3) is 3.59. The van der Waals surface area contributed by atoms with Gasteiger partial charge < -0.3 is 10.1 Å². The third-order valence-corrected chi connectivity index (χ3v) is 2.58. The first-order valence-electron chi connectivity index (χ1n) is 5.70. The fourth-order valence-corrected chi connectivity index (χ4v) is 1.50. The summed E-state index contributed by atoms with van der Waals surface area (Å²) in [4.78, 5) is 22.7. The molecule has 1 N–H and O–H groups in total. The summed E-state index contributed by atoms with van der Waals surface area (Å²) in [5.74, 6) is 0.133. The van der Waals surface area contributed by atoms with Crippen LogP contribution in [-0.4, -0.2) is 18.4 Å². The van der Waals surface area contributed by atoms with E-state index >= 15 is 0 Å². The zero-order valence-corrected chi connectivity index (χ0v) is 9.73. The summed E-state index contributed by atoms with van der Waals surface area (Å²) in [6, 6.07) is 7.24. The number of ether oxygens (including phenoxy) is 1. The molecule has 1 aliphatic rings. The zero-order valence-electron chi connectivity index (χ0n) is 9.73. The molecule has 0 spiro atoms. The molecule has 1 aromatic carbocycles. The van der Waals surface area contributed by atoms with Crippen molar-refractivity contribution >= 4 is 11.9 Å². The molecule has 0 aliphatic heterocycles. The molecule has 1 saturated carbocycles. The van der Waals surface area contributed by atoms with E-state index in [4.69, 9.17) is 4.74 Å². The van der Waals surface area contributed by atoms with Gasteiger partial charge in [-0.2, -0.15) is 0 Å². The normalized spacial score (nSPS) is 14.2. The monoisotopic (exact) mass is 233 g/mol. The lowest BCUT2D eigenvalue weighted by Crippen LogP contribution is -2.32. The predicted octanol–water partition coefficient (Wildman–Crippen LogP) is 1.43. The Morgan fingerprint density at radius 1 is 1.41 bits per heavy atom. The van der Waals surface area contributed by atoms with Crippen LogP contribution in [0.25, 0.3) is 0 Å². The molecule has 1 aromatic rings. The standard InChI is InChI=1S/C13H15NO3/c1-9-3-2-4-11(7-9)17-12(15)8-14-13(16)10-5-6-10/h2-4,7,10H,5-6,8H2,1H3,(H,14,16). The van der Waals surface area contributed by atoms with Crippen LogP contribution in [0, 0.1) is 12.8 Å². The Kier molecular flexibility index (Phi) is 3.42. The van der Waals surface area contributed by atoms with Crippen molar-refractivity contribution in [3.8, 4) is 5.75 Å². The van der Waals surface area contributed by atoms with Crippen LogP contribution in [0.4, 0.5) is 0 Å². The van der Waals surface area contributed by atoms with Crippen molar-refractivity contribution < 1.29 is 14.3 Å². The Hall–Kier alpha value is -1.84. The van der Waals surface area contributed by atoms with Gasteiger partial charge in [0.15, 0.2) is 0 Å². The van der Waals surface area contributed by atoms with Crippen molar-refractivity contribution in [2.45, 2.75) is 19.8 Å². The first-order chi connectivity index (χ1) is 8.15. The second-order valence-corrected chi connectivity index (χ2v) is 4.28. The minimum atomic E-state index is -0.440. The maximum absolute atomic E-state index is 11.4. The van der Waals surface area contributed by atoms with Crippen LogP contribution >= 0.6 is 0 Å². The lowest BCUT2D eigenvalue weighted by Gasteiger charge is -2.06. The first kappa shape index (κ1) is 11.6. The van der Waals surface area contributed by atoms with Crippen molar-refractivity contribution in [3.63, 3.8) is 0 Å². The topological polar surface area (TPSA) is 55.4 Å². The average molecular weight is 233 g/mol. The molecule has 0 radical (unpaired) electrons. The number of nitrogens with one attached hydrogen (secondary N) is 1. The fraction of sp³-hybridized carbons (Fsp3) is 0.385. The first-order valence-corrected chi connectivity index (χ1v) is 5.70. The number of hydrogen-bond acceptors (Lipinski definition) is 3. The van der Waals surface area contributed by atoms with Gasteiger partial charge in [0.25, 0.3) is 0 Å². The summed E-state index contributed by atoms with van der Waals surface area (Å²) < 4.78 is 5.09. The van der Waals surface area contributed by atoms with Crippen LogP contribution in [0.5, 0.6) is 5.75 Å². The molecule has 90 valence electrons. The van der Waals surface area contributed by atoms with Crippen molar-refractivity contribution in [2.24, 2.45) is 5.92 Å². The predicted molar refractivity (Wildman–Crippen MR) is 62.5 cm³/mol. The SMILES string of the molecule is Cc1cccc(OC(=O)CNC(=O)C2CC2)c1. The van der Waals surface area contributed by atoms with Gasteiger partial charge in [0.2, 0.25) is 5.91 Å². The number of esters is 1. The lowest BCUT2D eigenvalue weighted by molar-refractivity contribution is -0.135. The van der Waals surface area contributed by atoms with Gasteiger partial charge in [0.05, 0.1) is 0 Å². The average Bonchev–Trinajstić information content (AvgIpc) is 3.09. The number of rotatable bonds is 4. The molecule has 1 amide bonds. The second kappa shape index (κ2) is 4.99. The molecule has 17 heavy (non-hydrogen) atoms. The fourth-order valence-electron chi connectivity index (χ4n) is 1.50. The summed E-state index contributed by atoms with van der Waals surface area (Å²) in [6.45, 7) is 1.86. The number of carbonyl (C=O) groups is 2. The number of amides is 1. The Labute approximate surface area is 100.0 Å². The minimum absolute atomic E-state index is 0.0498. The van der Waals surface area contributed by atoms with Crippen molar-refractivity contribution in [1.82, 2.24) is 5.32 Å². The molecule has 0 aromatic heterocycles. The second-order valence-electron chi connectivity index (χ2n) is 4.28. The highest BCUT2D eigenvalue weighted by Crippen LogP contribution is 2.28. The van der Waals surface area contributed by atoms with E-state index in [-0.39, 0.29) is 18.4 Å². The van der Waals surface area contributed by atoms with Crippen LogP contribution in [0.2, 0.25) is 0 Å². The van der Waals surface area contributed by atoms with E-state index < -0.39 is 5.97 Å². The molecule has 4 nitrogen and oxygen atoms in total. The molecule has 1 fully saturated rings. The van der Waals surface area contributed by atoms with E-state index in [1.807, 2.05) is 19.1 Å². The minimum Gasteiger partial charge on any atom is -0.425 e. The lowest BCUT2D eigenvalue weighted by atomic mass is 10.2. The summed E-state index contributed by atoms with van der Waals surface area (Å²) in [6.07, 6.45) is 1.86. The smallest absolute Gasteiger partial charge is 0.330 e. The van der Waals surface area contributed by atoms with Crippen LogP contribution in [0.3, 0.4) is 0 Å². The van der Waals surface area contributed by atoms with Gasteiger partial charge in [0, 0.05) is 5.92 Å². The summed E-state index contributed by atoms with van der Waals surface area (Å²) >= 11 is 0.